The summed E-state index contributed by atoms with van der Waals surface area (Å²) in [6.07, 6.45) is 17.3. The van der Waals surface area contributed by atoms with Crippen LogP contribution in [0.3, 0.4) is 0 Å². The highest BCUT2D eigenvalue weighted by molar-refractivity contribution is 7.14. The van der Waals surface area contributed by atoms with Gasteiger partial charge in [0.2, 0.25) is 20.5 Å². The molecule has 0 aliphatic carbocycles. The summed E-state index contributed by atoms with van der Waals surface area (Å²) in [4.78, 5) is 114. The topological polar surface area (TPSA) is 458 Å². The highest BCUT2D eigenvalue weighted by Crippen LogP contribution is 2.30. The first-order valence-corrected chi connectivity index (χ1v) is 32.9. The second kappa shape index (κ2) is 29.7. The molecule has 4 fully saturated rings. The van der Waals surface area contributed by atoms with Crippen molar-refractivity contribution in [3.8, 4) is 0 Å². The Balaban J connectivity index is 0.000000122. The molecule has 44 heteroatoms. The van der Waals surface area contributed by atoms with Crippen LogP contribution < -0.4 is 21.7 Å². The lowest BCUT2D eigenvalue weighted by molar-refractivity contribution is -0.107. The number of rotatable bonds is 17. The fourth-order valence-electron chi connectivity index (χ4n) is 10.6. The van der Waals surface area contributed by atoms with Gasteiger partial charge in [-0.3, -0.25) is 45.2 Å². The van der Waals surface area contributed by atoms with E-state index in [4.69, 9.17) is 20.5 Å². The van der Waals surface area contributed by atoms with Gasteiger partial charge in [0.05, 0.1) is 86.3 Å². The van der Waals surface area contributed by atoms with Crippen molar-refractivity contribution in [1.82, 2.24) is 120 Å². The van der Waals surface area contributed by atoms with Crippen molar-refractivity contribution in [3.63, 3.8) is 0 Å². The predicted molar refractivity (Wildman–Crippen MR) is 351 cm³/mol. The number of hydrogen-bond donors (Lipinski definition) is 6. The first kappa shape index (κ1) is 67.2. The number of nitrogens with one attached hydrogen (secondary N) is 3. The number of urea groups is 4. The normalized spacial score (nSPS) is 19.1. The average Bonchev–Trinajstić information content (AvgIpc) is 1.66. The van der Waals surface area contributed by atoms with Crippen molar-refractivity contribution >= 4 is 136 Å². The smallest absolute Gasteiger partial charge is 0.356 e. The zero-order chi connectivity index (χ0) is 69.4. The van der Waals surface area contributed by atoms with E-state index in [2.05, 4.69) is 90.3 Å². The number of carboxylic acid groups (broad SMARTS) is 1. The standard InChI is InChI=1S/C15H15N7O3S.C13H13N7O2S.C13H14N4O4.C12H11N7O3S.C2H3N3S/c1-2-5-25-22-11-6-10(7-20(8-11)15(22)24)21-4-3-12(19-21)13(23)17-14-18-16-9-26-14;1-18-8-4-9(6-19(5-8)13(18)22)20-3-2-10(17-20)11(21)15-12-16-14-7-23-12;1-2-5-21-17-10-6-9(7-15(8-10)13(17)20)16-4-3-11(14-16)12(18)19;20-10(14-11-15-13-6-23-11)9-1-2-18(16-9)7-3-8-5-17(4-7)12(21)19(8)22;3-2-5-4-1-6-2/h2-4,6,9,11H,1,5,7-8H2,(H,17,18,23);2-4,7-8H,5-6H2,1H3,(H,15,16,21);2-4,6,10H,1,5,7-8H2,(H,18,19);1-3,6,8,22H,4-5H2,(H,14,15,20);1H,(H2,3,5). The second-order valence-electron chi connectivity index (χ2n) is 21.6. The zero-order valence-corrected chi connectivity index (χ0v) is 54.9. The molecule has 8 bridgehead atoms. The molecule has 16 rings (SSSR count). The summed E-state index contributed by atoms with van der Waals surface area (Å²) in [5, 5.41) is 77.5. The minimum atomic E-state index is -1.08. The Labute approximate surface area is 573 Å². The van der Waals surface area contributed by atoms with E-state index in [0.29, 0.717) is 77.9 Å². The van der Waals surface area contributed by atoms with E-state index in [-0.39, 0.29) is 89.9 Å². The van der Waals surface area contributed by atoms with Crippen LogP contribution >= 0.6 is 45.3 Å². The Hall–Kier alpha value is -11.8. The summed E-state index contributed by atoms with van der Waals surface area (Å²) in [6, 6.07) is 4.67. The molecule has 8 aliphatic rings. The molecule has 0 radical (unpaired) electrons. The van der Waals surface area contributed by atoms with E-state index in [1.807, 2.05) is 18.2 Å². The molecule has 16 heterocycles. The number of nitrogen functional groups attached to an aromatic ring is 1. The number of fused-ring (bicyclic) bond motifs is 8. The van der Waals surface area contributed by atoms with Gasteiger partial charge in [-0.1, -0.05) is 57.5 Å². The van der Waals surface area contributed by atoms with E-state index in [1.54, 1.807) is 108 Å². The van der Waals surface area contributed by atoms with Crippen molar-refractivity contribution in [2.45, 2.75) is 24.2 Å². The van der Waals surface area contributed by atoms with Gasteiger partial charge in [-0.05, 0) is 48.6 Å². The maximum absolute atomic E-state index is 12.3. The molecular formula is C55H56N28O12S4. The van der Waals surface area contributed by atoms with E-state index >= 15 is 0 Å². The van der Waals surface area contributed by atoms with Gasteiger partial charge in [0.25, 0.3) is 17.7 Å². The number of carbonyl (C=O) groups excluding carboxylic acids is 7. The zero-order valence-electron chi connectivity index (χ0n) is 51.6. The van der Waals surface area contributed by atoms with Crippen molar-refractivity contribution in [3.05, 3.63) is 143 Å². The Morgan fingerprint density at radius 3 is 1.19 bits per heavy atom. The van der Waals surface area contributed by atoms with Crippen LogP contribution in [-0.4, -0.2) is 275 Å². The van der Waals surface area contributed by atoms with Gasteiger partial charge < -0.3 is 35.3 Å². The highest BCUT2D eigenvalue weighted by Gasteiger charge is 2.44. The summed E-state index contributed by atoms with van der Waals surface area (Å²) in [7, 11) is 1.79. The molecule has 4 atom stereocenters. The SMILES string of the molecule is C=CCON1C(=O)N2CC(n3ccc(C(=O)Nc4nncs4)n3)=CC1C2.C=CCON1C(=O)N2CC(n3ccc(C(=O)O)n3)=CC1C2.CN1C(=O)N2CC(n3ccc(C(=O)Nc4nncs4)n3)=CC1C2.Nc1nncs1.O=C(Nc1nncs1)c1ccn(C2=CC3CN(C2)C(=O)N3O)n1. The van der Waals surface area contributed by atoms with E-state index in [9.17, 15) is 43.6 Å². The fourth-order valence-corrected chi connectivity index (χ4v) is 12.3. The van der Waals surface area contributed by atoms with Gasteiger partial charge in [0.1, 0.15) is 22.0 Å². The number of anilines is 4. The monoisotopic (exact) mass is 1430 g/mol. The molecule has 8 aliphatic heterocycles. The first-order chi connectivity index (χ1) is 47.9. The number of hydrogen-bond acceptors (Lipinski definition) is 28. The highest BCUT2D eigenvalue weighted by atomic mass is 32.1. The van der Waals surface area contributed by atoms with Crippen LogP contribution in [0.15, 0.2) is 121 Å². The van der Waals surface area contributed by atoms with Gasteiger partial charge in [0, 0.05) is 58.0 Å². The van der Waals surface area contributed by atoms with Gasteiger partial charge in [-0.2, -0.15) is 35.6 Å². The summed E-state index contributed by atoms with van der Waals surface area (Å²) in [6.45, 7) is 11.5. The minimum Gasteiger partial charge on any atom is -0.476 e. The molecule has 512 valence electrons. The number of nitrogens with two attached hydrogens (primary N) is 1. The molecular weight excluding hydrogens is 1370 g/mol. The molecule has 4 unspecified atom stereocenters. The van der Waals surface area contributed by atoms with Gasteiger partial charge >= 0.3 is 30.1 Å². The summed E-state index contributed by atoms with van der Waals surface area (Å²) in [5.74, 6) is -2.18. The van der Waals surface area contributed by atoms with Crippen LogP contribution in [0.1, 0.15) is 42.0 Å². The third kappa shape index (κ3) is 15.2. The molecule has 4 saturated heterocycles. The third-order valence-electron chi connectivity index (χ3n) is 15.2. The van der Waals surface area contributed by atoms with Crippen LogP contribution in [0.2, 0.25) is 0 Å². The van der Waals surface area contributed by atoms with Gasteiger partial charge in [-0.15, -0.1) is 53.9 Å². The molecule has 8 aromatic heterocycles. The number of aromatic carboxylic acids is 1. The van der Waals surface area contributed by atoms with Crippen LogP contribution in [-0.2, 0) is 9.68 Å². The number of amides is 11. The van der Waals surface area contributed by atoms with E-state index in [1.165, 1.54) is 86.8 Å². The first-order valence-electron chi connectivity index (χ1n) is 29.4. The summed E-state index contributed by atoms with van der Waals surface area (Å²) >= 11 is 5.01. The van der Waals surface area contributed by atoms with E-state index in [0.717, 1.165) is 22.8 Å². The number of carboxylic acids is 1. The fraction of sp³-hybridized carbons (Fsp3) is 0.273. The maximum Gasteiger partial charge on any atom is 0.356 e. The van der Waals surface area contributed by atoms with Crippen molar-refractivity contribution in [2.75, 3.05) is 94.3 Å². The number of hydroxylamine groups is 6. The molecule has 0 aromatic carbocycles. The number of nitrogens with zero attached hydrogens (tertiary/aromatic N) is 24. The van der Waals surface area contributed by atoms with Crippen molar-refractivity contribution < 1.29 is 58.3 Å². The average molecular weight is 1430 g/mol. The molecule has 11 amide bonds. The summed E-state index contributed by atoms with van der Waals surface area (Å²) < 4.78 is 6.24. The Bertz CT molecular complexity index is 4310. The van der Waals surface area contributed by atoms with Crippen LogP contribution in [0.5, 0.6) is 0 Å². The third-order valence-corrected chi connectivity index (χ3v) is 17.5. The Kier molecular flexibility index (Phi) is 20.1. The molecule has 40 nitrogen and oxygen atoms in total. The van der Waals surface area contributed by atoms with Crippen molar-refractivity contribution in [1.29, 1.82) is 0 Å². The molecule has 0 spiro atoms. The van der Waals surface area contributed by atoms with Crippen molar-refractivity contribution in [2.24, 2.45) is 0 Å². The molecule has 0 saturated carbocycles. The Morgan fingerprint density at radius 1 is 0.515 bits per heavy atom. The van der Waals surface area contributed by atoms with Crippen LogP contribution in [0, 0.1) is 0 Å². The van der Waals surface area contributed by atoms with Crippen LogP contribution in [0.25, 0.3) is 22.8 Å². The second-order valence-corrected chi connectivity index (χ2v) is 25.0. The minimum absolute atomic E-state index is 0.0163. The lowest BCUT2D eigenvalue weighted by Crippen LogP contribution is -2.33. The lowest BCUT2D eigenvalue weighted by Gasteiger charge is -2.21. The quantitative estimate of drug-likeness (QED) is 0.0564. The molecule has 99 heavy (non-hydrogen) atoms. The van der Waals surface area contributed by atoms with Crippen LogP contribution in [0.4, 0.5) is 39.7 Å². The molecule has 7 N–H and O–H groups in total. The molecule has 8 aromatic rings. The largest absolute Gasteiger partial charge is 0.476 e. The Morgan fingerprint density at radius 2 is 0.859 bits per heavy atom. The van der Waals surface area contributed by atoms with Gasteiger partial charge in [0.15, 0.2) is 22.8 Å². The van der Waals surface area contributed by atoms with Gasteiger partial charge in [-0.25, -0.2) is 42.7 Å². The van der Waals surface area contributed by atoms with E-state index < -0.39 is 18.0 Å². The summed E-state index contributed by atoms with van der Waals surface area (Å²) in [5.41, 5.74) is 15.2. The number of carbonyl (C=O) groups is 8. The lowest BCUT2D eigenvalue weighted by atomic mass is 10.2. The predicted octanol–water partition coefficient (Wildman–Crippen LogP) is 2.76. The maximum atomic E-state index is 12.3. The number of likely N-dealkylation sites (N-methyl/N-ethyl adjacent to an activating group) is 1. The number of aromatic nitrogens is 16.